The zero-order chi connectivity index (χ0) is 38.1. The van der Waals surface area contributed by atoms with Crippen molar-refractivity contribution in [3.8, 4) is 44.5 Å². The van der Waals surface area contributed by atoms with Crippen LogP contribution in [0.2, 0.25) is 0 Å². The normalized spacial score (nSPS) is 12.9. The van der Waals surface area contributed by atoms with Crippen molar-refractivity contribution in [2.45, 2.75) is 19.3 Å². The van der Waals surface area contributed by atoms with Gasteiger partial charge < -0.3 is 4.90 Å². The highest BCUT2D eigenvalue weighted by Crippen LogP contribution is 2.54. The number of fused-ring (bicyclic) bond motifs is 8. The highest BCUT2D eigenvalue weighted by molar-refractivity contribution is 7.26. The molecule has 1 nitrogen and oxygen atoms in total. The number of hydrogen-bond acceptors (Lipinski definition) is 2. The highest BCUT2D eigenvalue weighted by Gasteiger charge is 2.38. The van der Waals surface area contributed by atoms with Gasteiger partial charge in [0.15, 0.2) is 0 Å². The minimum Gasteiger partial charge on any atom is -0.310 e. The summed E-state index contributed by atoms with van der Waals surface area (Å²) in [7, 11) is 0. The molecule has 0 unspecified atom stereocenters. The molecule has 0 fully saturated rings. The van der Waals surface area contributed by atoms with Crippen LogP contribution in [-0.2, 0) is 5.41 Å². The van der Waals surface area contributed by atoms with E-state index in [4.69, 9.17) is 0 Å². The van der Waals surface area contributed by atoms with E-state index in [1.54, 1.807) is 0 Å². The average molecular weight is 746 g/mol. The molecule has 1 heterocycles. The lowest BCUT2D eigenvalue weighted by Crippen LogP contribution is -2.17. The molecular weight excluding hydrogens is 707 g/mol. The third-order valence-corrected chi connectivity index (χ3v) is 13.3. The van der Waals surface area contributed by atoms with Gasteiger partial charge in [-0.25, -0.2) is 0 Å². The van der Waals surface area contributed by atoms with Crippen molar-refractivity contribution >= 4 is 59.3 Å². The second-order valence-electron chi connectivity index (χ2n) is 15.7. The minimum absolute atomic E-state index is 0.203. The zero-order valence-corrected chi connectivity index (χ0v) is 32.7. The third-order valence-electron chi connectivity index (χ3n) is 12.1. The van der Waals surface area contributed by atoms with E-state index in [0.717, 1.165) is 17.1 Å². The summed E-state index contributed by atoms with van der Waals surface area (Å²) in [6.07, 6.45) is 0. The molecule has 0 saturated heterocycles. The lowest BCUT2D eigenvalue weighted by molar-refractivity contribution is 0.666. The second-order valence-corrected chi connectivity index (χ2v) is 16.7. The van der Waals surface area contributed by atoms with Crippen molar-refractivity contribution < 1.29 is 0 Å². The Morgan fingerprint density at radius 1 is 0.368 bits per heavy atom. The Bertz CT molecular complexity index is 3120. The molecule has 0 amide bonds. The molecule has 270 valence electrons. The van der Waals surface area contributed by atoms with Gasteiger partial charge >= 0.3 is 0 Å². The zero-order valence-electron chi connectivity index (χ0n) is 31.9. The lowest BCUT2D eigenvalue weighted by Gasteiger charge is -2.28. The lowest BCUT2D eigenvalue weighted by atomic mass is 9.79. The fourth-order valence-corrected chi connectivity index (χ4v) is 10.6. The molecule has 2 heteroatoms. The van der Waals surface area contributed by atoms with E-state index in [1.165, 1.54) is 86.6 Å². The quantitative estimate of drug-likeness (QED) is 0.164. The summed E-state index contributed by atoms with van der Waals surface area (Å²) in [5, 5.41) is 5.28. The number of rotatable bonds is 6. The molecule has 0 bridgehead atoms. The van der Waals surface area contributed by atoms with E-state index >= 15 is 0 Å². The fourth-order valence-electron chi connectivity index (χ4n) is 9.32. The van der Waals surface area contributed by atoms with Crippen LogP contribution in [0.1, 0.15) is 25.0 Å². The van der Waals surface area contributed by atoms with Crippen LogP contribution < -0.4 is 4.90 Å². The van der Waals surface area contributed by atoms with Gasteiger partial charge in [0.25, 0.3) is 0 Å². The summed E-state index contributed by atoms with van der Waals surface area (Å²) < 4.78 is 2.66. The van der Waals surface area contributed by atoms with Gasteiger partial charge in [0.2, 0.25) is 0 Å². The molecule has 9 aromatic carbocycles. The van der Waals surface area contributed by atoms with Gasteiger partial charge in [-0.3, -0.25) is 0 Å². The molecule has 0 N–H and O–H groups in total. The Labute approximate surface area is 337 Å². The van der Waals surface area contributed by atoms with Gasteiger partial charge in [-0.05, 0) is 115 Å². The first kappa shape index (κ1) is 33.6. The van der Waals surface area contributed by atoms with Gasteiger partial charge in [0.1, 0.15) is 0 Å². The predicted octanol–water partition coefficient (Wildman–Crippen LogP) is 16.0. The van der Waals surface area contributed by atoms with E-state index in [-0.39, 0.29) is 5.41 Å². The van der Waals surface area contributed by atoms with Crippen LogP contribution in [0.5, 0.6) is 0 Å². The average Bonchev–Trinajstić information content (AvgIpc) is 3.76. The largest absolute Gasteiger partial charge is 0.310 e. The van der Waals surface area contributed by atoms with Crippen molar-refractivity contribution in [2.24, 2.45) is 0 Å². The van der Waals surface area contributed by atoms with Crippen molar-refractivity contribution in [1.29, 1.82) is 0 Å². The minimum atomic E-state index is -0.203. The molecule has 11 rings (SSSR count). The Hall–Kier alpha value is -6.74. The van der Waals surface area contributed by atoms with Gasteiger partial charge in [-0.2, -0.15) is 0 Å². The molecule has 0 saturated carbocycles. The smallest absolute Gasteiger partial charge is 0.0465 e. The first-order valence-corrected chi connectivity index (χ1v) is 20.6. The van der Waals surface area contributed by atoms with Gasteiger partial charge in [-0.1, -0.05) is 166 Å². The number of thiophene rings is 1. The molecule has 57 heavy (non-hydrogen) atoms. The summed E-state index contributed by atoms with van der Waals surface area (Å²) in [5.41, 5.74) is 16.0. The number of anilines is 3. The van der Waals surface area contributed by atoms with Gasteiger partial charge in [-0.15, -0.1) is 11.3 Å². The molecular formula is C55H39NS. The topological polar surface area (TPSA) is 3.24 Å². The fraction of sp³-hybridized carbons (Fsp3) is 0.0545. The monoisotopic (exact) mass is 745 g/mol. The Balaban J connectivity index is 1.05. The maximum Gasteiger partial charge on any atom is 0.0465 e. The van der Waals surface area contributed by atoms with Crippen LogP contribution in [0.15, 0.2) is 200 Å². The van der Waals surface area contributed by atoms with Crippen LogP contribution in [0, 0.1) is 0 Å². The van der Waals surface area contributed by atoms with Crippen LogP contribution in [0.4, 0.5) is 17.1 Å². The van der Waals surface area contributed by atoms with Crippen LogP contribution in [0.3, 0.4) is 0 Å². The van der Waals surface area contributed by atoms with Crippen molar-refractivity contribution in [3.63, 3.8) is 0 Å². The standard InChI is InChI=1S/C55H39NS/c1-55(2)51-34-42(32-33-45(51)50-35-49(38-16-7-4-8-17-38)44-18-9-10-20-47(44)53(50)55)56(40-28-24-37(25-29-40)36-14-5-3-6-15-36)41-30-26-39(27-31-41)43-21-13-22-48-46-19-11-12-23-52(46)57-54(43)48/h3-35H,1-2H3. The molecule has 0 spiro atoms. The first-order chi connectivity index (χ1) is 28.0. The first-order valence-electron chi connectivity index (χ1n) is 19.8. The molecule has 0 radical (unpaired) electrons. The Morgan fingerprint density at radius 3 is 1.63 bits per heavy atom. The molecule has 1 aliphatic rings. The summed E-state index contributed by atoms with van der Waals surface area (Å²) in [6, 6.07) is 73.7. The van der Waals surface area contributed by atoms with Crippen LogP contribution in [0.25, 0.3) is 75.5 Å². The van der Waals surface area contributed by atoms with E-state index in [9.17, 15) is 0 Å². The maximum absolute atomic E-state index is 2.45. The van der Waals surface area contributed by atoms with Crippen molar-refractivity contribution in [1.82, 2.24) is 0 Å². The van der Waals surface area contributed by atoms with Gasteiger partial charge in [0.05, 0.1) is 0 Å². The molecule has 0 aliphatic heterocycles. The van der Waals surface area contributed by atoms with E-state index in [1.807, 2.05) is 11.3 Å². The summed E-state index contributed by atoms with van der Waals surface area (Å²) >= 11 is 1.88. The van der Waals surface area contributed by atoms with Crippen molar-refractivity contribution in [2.75, 3.05) is 4.90 Å². The van der Waals surface area contributed by atoms with E-state index in [0.29, 0.717) is 0 Å². The summed E-state index contributed by atoms with van der Waals surface area (Å²) in [4.78, 5) is 2.42. The van der Waals surface area contributed by atoms with E-state index < -0.39 is 0 Å². The van der Waals surface area contributed by atoms with Crippen LogP contribution >= 0.6 is 11.3 Å². The third kappa shape index (κ3) is 5.44. The van der Waals surface area contributed by atoms with E-state index in [2.05, 4.69) is 219 Å². The Morgan fingerprint density at radius 2 is 0.912 bits per heavy atom. The molecule has 10 aromatic rings. The molecule has 0 atom stereocenters. The number of hydrogen-bond donors (Lipinski definition) is 0. The van der Waals surface area contributed by atoms with Crippen LogP contribution in [-0.4, -0.2) is 0 Å². The summed E-state index contributed by atoms with van der Waals surface area (Å²) in [6.45, 7) is 4.80. The number of nitrogens with zero attached hydrogens (tertiary/aromatic N) is 1. The highest BCUT2D eigenvalue weighted by atomic mass is 32.1. The van der Waals surface area contributed by atoms with Gasteiger partial charge in [0, 0.05) is 42.6 Å². The predicted molar refractivity (Wildman–Crippen MR) is 245 cm³/mol. The molecule has 1 aliphatic carbocycles. The molecule has 1 aromatic heterocycles. The summed E-state index contributed by atoms with van der Waals surface area (Å²) in [5.74, 6) is 0. The number of benzene rings is 9. The second kappa shape index (κ2) is 13.2. The SMILES string of the molecule is CC1(C)c2cc(N(c3ccc(-c4ccccc4)cc3)c3ccc(-c4cccc5c4sc4ccccc45)cc3)ccc2-c2cc(-c3ccccc3)c3ccccc3c21. The Kier molecular flexibility index (Phi) is 7.77. The van der Waals surface area contributed by atoms with Crippen molar-refractivity contribution in [3.05, 3.63) is 211 Å². The maximum atomic E-state index is 2.45.